The highest BCUT2D eigenvalue weighted by Gasteiger charge is 2.21. The van der Waals surface area contributed by atoms with Gasteiger partial charge in [0.05, 0.1) is 0 Å². The van der Waals surface area contributed by atoms with E-state index in [0.29, 0.717) is 12.0 Å². The summed E-state index contributed by atoms with van der Waals surface area (Å²) in [6, 6.07) is 0.294. The highest BCUT2D eigenvalue weighted by Crippen LogP contribution is 2.12. The third-order valence-electron chi connectivity index (χ3n) is 3.56. The lowest BCUT2D eigenvalue weighted by Gasteiger charge is -2.33. The number of nitrogens with one attached hydrogen (secondary N) is 1. The van der Waals surface area contributed by atoms with Crippen LogP contribution in [0, 0.1) is 11.8 Å². The predicted molar refractivity (Wildman–Crippen MR) is 71.9 cm³/mol. The number of amides is 1. The Bertz CT molecular complexity index is 232. The number of carbonyl (C=O) groups is 1. The summed E-state index contributed by atoms with van der Waals surface area (Å²) in [5.74, 6) is 0.762. The average molecular weight is 240 g/mol. The van der Waals surface area contributed by atoms with Crippen LogP contribution in [0.5, 0.6) is 0 Å². The van der Waals surface area contributed by atoms with Crippen LogP contribution in [0.4, 0.5) is 0 Å². The lowest BCUT2D eigenvalue weighted by Crippen LogP contribution is -2.48. The Labute approximate surface area is 106 Å². The number of nitrogens with zero attached hydrogens (tertiary/aromatic N) is 1. The lowest BCUT2D eigenvalue weighted by atomic mass is 10.0. The van der Waals surface area contributed by atoms with Crippen molar-refractivity contribution < 1.29 is 4.79 Å². The molecule has 1 heterocycles. The van der Waals surface area contributed by atoms with Gasteiger partial charge in [0, 0.05) is 18.5 Å². The molecule has 0 aromatic heterocycles. The van der Waals surface area contributed by atoms with Crippen LogP contribution in [0.3, 0.4) is 0 Å². The molecule has 1 aliphatic heterocycles. The second-order valence-corrected chi connectivity index (χ2v) is 5.88. The maximum absolute atomic E-state index is 11.8. The standard InChI is InChI=1S/C14H28N2O/c1-11(2)13(15-14(17)12(3)4)10-16-8-6-5-7-9-16/h11-13H,5-10H2,1-4H3,(H,15,17)/t13-/m1/s1. The molecule has 3 nitrogen and oxygen atoms in total. The average Bonchev–Trinajstić information content (AvgIpc) is 2.29. The number of rotatable bonds is 5. The van der Waals surface area contributed by atoms with Crippen molar-refractivity contribution in [2.45, 2.75) is 53.0 Å². The molecule has 100 valence electrons. The fourth-order valence-electron chi connectivity index (χ4n) is 2.19. The fourth-order valence-corrected chi connectivity index (χ4v) is 2.19. The van der Waals surface area contributed by atoms with E-state index >= 15 is 0 Å². The minimum absolute atomic E-state index is 0.0811. The Morgan fingerprint density at radius 3 is 2.18 bits per heavy atom. The monoisotopic (exact) mass is 240 g/mol. The molecular weight excluding hydrogens is 212 g/mol. The third kappa shape index (κ3) is 5.07. The van der Waals surface area contributed by atoms with Gasteiger partial charge in [0.2, 0.25) is 5.91 Å². The molecule has 0 spiro atoms. The quantitative estimate of drug-likeness (QED) is 0.799. The van der Waals surface area contributed by atoms with Crippen molar-refractivity contribution >= 4 is 5.91 Å². The van der Waals surface area contributed by atoms with Gasteiger partial charge in [0.15, 0.2) is 0 Å². The Kier molecular flexibility index (Phi) is 5.96. The van der Waals surface area contributed by atoms with Gasteiger partial charge in [-0.2, -0.15) is 0 Å². The first-order valence-corrected chi connectivity index (χ1v) is 7.03. The van der Waals surface area contributed by atoms with Crippen molar-refractivity contribution in [3.8, 4) is 0 Å². The molecule has 0 radical (unpaired) electrons. The number of carbonyl (C=O) groups excluding carboxylic acids is 1. The van der Waals surface area contributed by atoms with Crippen LogP contribution in [0.2, 0.25) is 0 Å². The molecule has 0 aromatic carbocycles. The summed E-state index contributed by atoms with van der Waals surface area (Å²) >= 11 is 0. The maximum Gasteiger partial charge on any atom is 0.222 e. The second-order valence-electron chi connectivity index (χ2n) is 5.88. The molecule has 1 N–H and O–H groups in total. The van der Waals surface area contributed by atoms with Crippen LogP contribution in [0.15, 0.2) is 0 Å². The van der Waals surface area contributed by atoms with Crippen LogP contribution in [-0.2, 0) is 4.79 Å². The van der Waals surface area contributed by atoms with Crippen LogP contribution >= 0.6 is 0 Å². The second kappa shape index (κ2) is 7.00. The summed E-state index contributed by atoms with van der Waals surface area (Å²) in [6.07, 6.45) is 3.98. The van der Waals surface area contributed by atoms with E-state index in [9.17, 15) is 4.79 Å². The van der Waals surface area contributed by atoms with Gasteiger partial charge in [-0.05, 0) is 31.8 Å². The van der Waals surface area contributed by atoms with Crippen LogP contribution in [0.1, 0.15) is 47.0 Å². The molecular formula is C14H28N2O. The number of likely N-dealkylation sites (tertiary alicyclic amines) is 1. The summed E-state index contributed by atoms with van der Waals surface area (Å²) in [4.78, 5) is 14.3. The maximum atomic E-state index is 11.8. The Balaban J connectivity index is 2.44. The zero-order chi connectivity index (χ0) is 12.8. The fraction of sp³-hybridized carbons (Fsp3) is 0.929. The minimum atomic E-state index is 0.0811. The first-order valence-electron chi connectivity index (χ1n) is 7.03. The van der Waals surface area contributed by atoms with Crippen molar-refractivity contribution in [2.24, 2.45) is 11.8 Å². The molecule has 0 aromatic rings. The lowest BCUT2D eigenvalue weighted by molar-refractivity contribution is -0.125. The molecule has 0 aliphatic carbocycles. The molecule has 1 saturated heterocycles. The van der Waals surface area contributed by atoms with Gasteiger partial charge >= 0.3 is 0 Å². The molecule has 17 heavy (non-hydrogen) atoms. The molecule has 3 heteroatoms. The van der Waals surface area contributed by atoms with E-state index in [0.717, 1.165) is 6.54 Å². The zero-order valence-electron chi connectivity index (χ0n) is 11.8. The van der Waals surface area contributed by atoms with E-state index < -0.39 is 0 Å². The molecule has 0 bridgehead atoms. The highest BCUT2D eigenvalue weighted by molar-refractivity contribution is 5.78. The molecule has 1 rings (SSSR count). The van der Waals surface area contributed by atoms with Crippen molar-refractivity contribution in [2.75, 3.05) is 19.6 Å². The first kappa shape index (κ1) is 14.5. The van der Waals surface area contributed by atoms with E-state index in [1.807, 2.05) is 13.8 Å². The van der Waals surface area contributed by atoms with Crippen molar-refractivity contribution in [1.82, 2.24) is 10.2 Å². The van der Waals surface area contributed by atoms with Crippen molar-refractivity contribution in [3.63, 3.8) is 0 Å². The first-order chi connectivity index (χ1) is 8.00. The summed E-state index contributed by atoms with van der Waals surface area (Å²) in [5.41, 5.74) is 0. The number of hydrogen-bond acceptors (Lipinski definition) is 2. The summed E-state index contributed by atoms with van der Waals surface area (Å²) < 4.78 is 0. The van der Waals surface area contributed by atoms with Gasteiger partial charge in [-0.1, -0.05) is 34.1 Å². The molecule has 1 fully saturated rings. The van der Waals surface area contributed by atoms with Gasteiger partial charge in [0.1, 0.15) is 0 Å². The number of piperidine rings is 1. The minimum Gasteiger partial charge on any atom is -0.352 e. The van der Waals surface area contributed by atoms with E-state index in [1.54, 1.807) is 0 Å². The van der Waals surface area contributed by atoms with Crippen LogP contribution in [0.25, 0.3) is 0 Å². The smallest absolute Gasteiger partial charge is 0.222 e. The van der Waals surface area contributed by atoms with Crippen molar-refractivity contribution in [1.29, 1.82) is 0 Å². The predicted octanol–water partition coefficient (Wildman–Crippen LogP) is 2.27. The topological polar surface area (TPSA) is 32.3 Å². The van der Waals surface area contributed by atoms with E-state index in [-0.39, 0.29) is 11.8 Å². The van der Waals surface area contributed by atoms with E-state index in [2.05, 4.69) is 24.1 Å². The molecule has 0 unspecified atom stereocenters. The zero-order valence-corrected chi connectivity index (χ0v) is 11.8. The summed E-state index contributed by atoms with van der Waals surface area (Å²) in [6.45, 7) is 11.7. The summed E-state index contributed by atoms with van der Waals surface area (Å²) in [7, 11) is 0. The van der Waals surface area contributed by atoms with Gasteiger partial charge in [-0.25, -0.2) is 0 Å². The Morgan fingerprint density at radius 1 is 1.12 bits per heavy atom. The Morgan fingerprint density at radius 2 is 1.71 bits per heavy atom. The SMILES string of the molecule is CC(C)C(=O)N[C@H](CN1CCCCC1)C(C)C. The highest BCUT2D eigenvalue weighted by atomic mass is 16.1. The third-order valence-corrected chi connectivity index (χ3v) is 3.56. The van der Waals surface area contributed by atoms with Gasteiger partial charge in [0.25, 0.3) is 0 Å². The molecule has 0 saturated carbocycles. The van der Waals surface area contributed by atoms with Gasteiger partial charge < -0.3 is 10.2 Å². The molecule has 1 amide bonds. The molecule has 1 atom stereocenters. The molecule has 1 aliphatic rings. The normalized spacial score (nSPS) is 19.6. The Hall–Kier alpha value is -0.570. The van der Waals surface area contributed by atoms with Gasteiger partial charge in [-0.15, -0.1) is 0 Å². The van der Waals surface area contributed by atoms with Crippen LogP contribution in [-0.4, -0.2) is 36.5 Å². The largest absolute Gasteiger partial charge is 0.352 e. The number of hydrogen-bond donors (Lipinski definition) is 1. The van der Waals surface area contributed by atoms with Crippen molar-refractivity contribution in [3.05, 3.63) is 0 Å². The van der Waals surface area contributed by atoms with Gasteiger partial charge in [-0.3, -0.25) is 4.79 Å². The van der Waals surface area contributed by atoms with E-state index in [1.165, 1.54) is 32.4 Å². The van der Waals surface area contributed by atoms with Crippen LogP contribution < -0.4 is 5.32 Å². The van der Waals surface area contributed by atoms with E-state index in [4.69, 9.17) is 0 Å². The summed E-state index contributed by atoms with van der Waals surface area (Å²) in [5, 5.41) is 3.18.